The van der Waals surface area contributed by atoms with Gasteiger partial charge in [0.15, 0.2) is 0 Å². The van der Waals surface area contributed by atoms with E-state index in [1.54, 1.807) is 48.5 Å². The fourth-order valence-corrected chi connectivity index (χ4v) is 3.94. The summed E-state index contributed by atoms with van der Waals surface area (Å²) < 4.78 is 24.2. The maximum Gasteiger partial charge on any atom is 0.300 e. The minimum absolute atomic E-state index is 0.112. The van der Waals surface area contributed by atoms with Gasteiger partial charge >= 0.3 is 0 Å². The Morgan fingerprint density at radius 3 is 2.30 bits per heavy atom. The number of ketones is 1. The molecule has 4 rings (SSSR count). The molecule has 0 aromatic heterocycles. The van der Waals surface area contributed by atoms with Crippen molar-refractivity contribution in [2.75, 3.05) is 19.1 Å². The molecule has 1 unspecified atom stereocenters. The number of Topliss-reactive ketones (excluding diaryl/α,β-unsaturated/α-hetero) is 1. The summed E-state index contributed by atoms with van der Waals surface area (Å²) in [5.74, 6) is -1.69. The molecule has 3 aromatic carbocycles. The molecule has 0 radical (unpaired) electrons. The van der Waals surface area contributed by atoms with E-state index in [2.05, 4.69) is 0 Å². The van der Waals surface area contributed by atoms with Gasteiger partial charge in [0.05, 0.1) is 30.9 Å². The van der Waals surface area contributed by atoms with E-state index in [9.17, 15) is 19.1 Å². The highest BCUT2D eigenvalue weighted by Crippen LogP contribution is 2.43. The molecule has 0 aliphatic carbocycles. The first-order valence-corrected chi connectivity index (χ1v) is 10.3. The van der Waals surface area contributed by atoms with Crippen LogP contribution in [0.4, 0.5) is 10.1 Å². The Labute approximate surface area is 194 Å². The van der Waals surface area contributed by atoms with Gasteiger partial charge in [-0.3, -0.25) is 14.5 Å². The van der Waals surface area contributed by atoms with Gasteiger partial charge < -0.3 is 14.6 Å². The highest BCUT2D eigenvalue weighted by atomic mass is 35.5. The summed E-state index contributed by atoms with van der Waals surface area (Å²) in [4.78, 5) is 27.5. The number of ether oxygens (including phenoxy) is 2. The van der Waals surface area contributed by atoms with Gasteiger partial charge in [0, 0.05) is 11.3 Å². The summed E-state index contributed by atoms with van der Waals surface area (Å²) in [7, 11) is 3.00. The van der Waals surface area contributed by atoms with Gasteiger partial charge in [-0.15, -0.1) is 0 Å². The zero-order valence-electron chi connectivity index (χ0n) is 17.7. The van der Waals surface area contributed by atoms with E-state index in [0.717, 1.165) is 6.07 Å². The average molecular weight is 468 g/mol. The Balaban J connectivity index is 1.94. The van der Waals surface area contributed by atoms with Crippen LogP contribution < -0.4 is 14.4 Å². The van der Waals surface area contributed by atoms with Crippen LogP contribution in [0.3, 0.4) is 0 Å². The number of hydrogen-bond acceptors (Lipinski definition) is 5. The molecule has 1 fully saturated rings. The molecule has 1 heterocycles. The molecule has 0 bridgehead atoms. The molecule has 3 aromatic rings. The lowest BCUT2D eigenvalue weighted by molar-refractivity contribution is -0.132. The largest absolute Gasteiger partial charge is 0.507 e. The molecule has 1 atom stereocenters. The second-order valence-electron chi connectivity index (χ2n) is 7.27. The average Bonchev–Trinajstić information content (AvgIpc) is 3.11. The van der Waals surface area contributed by atoms with Crippen molar-refractivity contribution in [1.29, 1.82) is 0 Å². The lowest BCUT2D eigenvalue weighted by Gasteiger charge is -2.26. The maximum atomic E-state index is 13.8. The second kappa shape index (κ2) is 8.96. The number of carbonyl (C=O) groups is 2. The molecule has 1 saturated heterocycles. The molecule has 168 valence electrons. The Bertz CT molecular complexity index is 1270. The minimum atomic E-state index is -0.997. The van der Waals surface area contributed by atoms with Crippen LogP contribution in [-0.4, -0.2) is 31.0 Å². The number of hydrogen-bond donors (Lipinski definition) is 1. The van der Waals surface area contributed by atoms with Crippen molar-refractivity contribution < 1.29 is 28.6 Å². The number of benzene rings is 3. The SMILES string of the molecule is COc1ccc(/C(O)=C2\C(=O)C(=O)N(c3ccc(F)c(Cl)c3)C2c2cccc(OC)c2)cc1. The number of amides is 1. The monoisotopic (exact) mass is 467 g/mol. The molecular weight excluding hydrogens is 449 g/mol. The third-order valence-corrected chi connectivity index (χ3v) is 5.69. The fourth-order valence-electron chi connectivity index (χ4n) is 3.77. The highest BCUT2D eigenvalue weighted by Gasteiger charge is 2.47. The lowest BCUT2D eigenvalue weighted by atomic mass is 9.95. The molecule has 0 saturated carbocycles. The second-order valence-corrected chi connectivity index (χ2v) is 7.68. The maximum absolute atomic E-state index is 13.8. The van der Waals surface area contributed by atoms with Gasteiger partial charge in [0.1, 0.15) is 23.1 Å². The molecule has 1 aliphatic heterocycles. The fraction of sp³-hybridized carbons (Fsp3) is 0.120. The topological polar surface area (TPSA) is 76.1 Å². The zero-order chi connectivity index (χ0) is 23.7. The van der Waals surface area contributed by atoms with Crippen LogP contribution in [0.1, 0.15) is 17.2 Å². The van der Waals surface area contributed by atoms with Crippen LogP contribution in [0.2, 0.25) is 5.02 Å². The molecule has 33 heavy (non-hydrogen) atoms. The quantitative estimate of drug-likeness (QED) is 0.320. The van der Waals surface area contributed by atoms with Crippen molar-refractivity contribution in [3.8, 4) is 11.5 Å². The van der Waals surface area contributed by atoms with Crippen LogP contribution in [-0.2, 0) is 9.59 Å². The van der Waals surface area contributed by atoms with Crippen LogP contribution >= 0.6 is 11.6 Å². The summed E-state index contributed by atoms with van der Waals surface area (Å²) >= 11 is 5.95. The Morgan fingerprint density at radius 1 is 0.970 bits per heavy atom. The number of anilines is 1. The van der Waals surface area contributed by atoms with Crippen LogP contribution in [0, 0.1) is 5.82 Å². The molecule has 1 amide bonds. The van der Waals surface area contributed by atoms with E-state index in [0.29, 0.717) is 22.6 Å². The molecule has 0 spiro atoms. The van der Waals surface area contributed by atoms with Crippen molar-refractivity contribution >= 4 is 34.7 Å². The Hall–Kier alpha value is -3.84. The van der Waals surface area contributed by atoms with Crippen molar-refractivity contribution in [2.45, 2.75) is 6.04 Å². The van der Waals surface area contributed by atoms with Gasteiger partial charge in [-0.25, -0.2) is 4.39 Å². The van der Waals surface area contributed by atoms with Crippen molar-refractivity contribution in [1.82, 2.24) is 0 Å². The third-order valence-electron chi connectivity index (χ3n) is 5.40. The molecule has 6 nitrogen and oxygen atoms in total. The van der Waals surface area contributed by atoms with Crippen LogP contribution in [0.5, 0.6) is 11.5 Å². The molecule has 1 aliphatic rings. The van der Waals surface area contributed by atoms with Crippen LogP contribution in [0.25, 0.3) is 5.76 Å². The Kier molecular flexibility index (Phi) is 6.07. The number of rotatable bonds is 5. The van der Waals surface area contributed by atoms with Gasteiger partial charge in [0.2, 0.25) is 0 Å². The van der Waals surface area contributed by atoms with E-state index in [-0.39, 0.29) is 22.0 Å². The number of aliphatic hydroxyl groups is 1. The standard InChI is InChI=1S/C25H19ClFNO5/c1-32-17-9-6-14(7-10-17)23(29)21-22(15-4-3-5-18(12-15)33-2)28(25(31)24(21)30)16-8-11-20(27)19(26)13-16/h3-13,22,29H,1-2H3/b23-21+. The molecule has 8 heteroatoms. The normalized spacial score (nSPS) is 17.3. The summed E-state index contributed by atoms with van der Waals surface area (Å²) in [6.45, 7) is 0. The van der Waals surface area contributed by atoms with E-state index in [1.165, 1.54) is 31.3 Å². The van der Waals surface area contributed by atoms with E-state index < -0.39 is 23.5 Å². The first-order valence-electron chi connectivity index (χ1n) is 9.90. The summed E-state index contributed by atoms with van der Waals surface area (Å²) in [6, 6.07) is 16.0. The Morgan fingerprint density at radius 2 is 1.67 bits per heavy atom. The number of methoxy groups -OCH3 is 2. The van der Waals surface area contributed by atoms with E-state index in [1.807, 2.05) is 0 Å². The van der Waals surface area contributed by atoms with E-state index >= 15 is 0 Å². The van der Waals surface area contributed by atoms with Gasteiger partial charge in [-0.05, 0) is 60.2 Å². The lowest BCUT2D eigenvalue weighted by Crippen LogP contribution is -2.29. The predicted molar refractivity (Wildman–Crippen MR) is 122 cm³/mol. The van der Waals surface area contributed by atoms with Gasteiger partial charge in [-0.1, -0.05) is 23.7 Å². The number of halogens is 2. The zero-order valence-corrected chi connectivity index (χ0v) is 18.5. The number of aliphatic hydroxyl groups excluding tert-OH is 1. The summed E-state index contributed by atoms with van der Waals surface area (Å²) in [5.41, 5.74) is 0.951. The highest BCUT2D eigenvalue weighted by molar-refractivity contribution is 6.51. The van der Waals surface area contributed by atoms with Gasteiger partial charge in [0.25, 0.3) is 11.7 Å². The summed E-state index contributed by atoms with van der Waals surface area (Å²) in [6.07, 6.45) is 0. The van der Waals surface area contributed by atoms with Crippen molar-refractivity contribution in [3.05, 3.63) is 94.3 Å². The van der Waals surface area contributed by atoms with Crippen molar-refractivity contribution in [2.24, 2.45) is 0 Å². The minimum Gasteiger partial charge on any atom is -0.507 e. The van der Waals surface area contributed by atoms with Crippen molar-refractivity contribution in [3.63, 3.8) is 0 Å². The van der Waals surface area contributed by atoms with Crippen LogP contribution in [0.15, 0.2) is 72.3 Å². The van der Waals surface area contributed by atoms with E-state index in [4.69, 9.17) is 21.1 Å². The predicted octanol–water partition coefficient (Wildman–Crippen LogP) is 5.12. The van der Waals surface area contributed by atoms with Gasteiger partial charge in [-0.2, -0.15) is 0 Å². The first-order chi connectivity index (χ1) is 15.8. The smallest absolute Gasteiger partial charge is 0.300 e. The molecule has 1 N–H and O–H groups in total. The number of carbonyl (C=O) groups excluding carboxylic acids is 2. The molecular formula is C25H19ClFNO5. The first kappa shape index (κ1) is 22.4. The number of nitrogens with zero attached hydrogens (tertiary/aromatic N) is 1. The summed E-state index contributed by atoms with van der Waals surface area (Å²) in [5, 5.41) is 10.9. The third kappa shape index (κ3) is 4.03.